The van der Waals surface area contributed by atoms with Crippen molar-refractivity contribution in [2.75, 3.05) is 23.8 Å². The van der Waals surface area contributed by atoms with Crippen molar-refractivity contribution in [2.45, 2.75) is 19.9 Å². The van der Waals surface area contributed by atoms with Gasteiger partial charge in [-0.1, -0.05) is 18.2 Å². The Balaban J connectivity index is 1.71. The van der Waals surface area contributed by atoms with Crippen molar-refractivity contribution in [1.82, 2.24) is 0 Å². The van der Waals surface area contributed by atoms with Crippen molar-refractivity contribution >= 4 is 11.4 Å². The zero-order valence-electron chi connectivity index (χ0n) is 12.1. The van der Waals surface area contributed by atoms with E-state index in [4.69, 9.17) is 4.74 Å². The first-order chi connectivity index (χ1) is 10.3. The molecule has 0 saturated heterocycles. The molecule has 0 amide bonds. The number of hydrogen-bond donors (Lipinski definition) is 2. The van der Waals surface area contributed by atoms with Crippen molar-refractivity contribution in [3.05, 3.63) is 53.3 Å². The molecule has 0 fully saturated rings. The van der Waals surface area contributed by atoms with Crippen LogP contribution in [0.1, 0.15) is 18.1 Å². The summed E-state index contributed by atoms with van der Waals surface area (Å²) in [5.41, 5.74) is 4.54. The predicted octanol–water partition coefficient (Wildman–Crippen LogP) is 3.80. The highest BCUT2D eigenvalue weighted by Gasteiger charge is 2.13. The van der Waals surface area contributed by atoms with Crippen LogP contribution in [0.3, 0.4) is 0 Å². The molecular formula is C17H19FN2O. The number of benzene rings is 2. The van der Waals surface area contributed by atoms with Gasteiger partial charge < -0.3 is 15.4 Å². The minimum absolute atomic E-state index is 0.297. The lowest BCUT2D eigenvalue weighted by atomic mass is 10.1. The fraction of sp³-hybridized carbons (Fsp3) is 0.294. The molecular weight excluding hydrogens is 267 g/mol. The molecule has 1 aliphatic rings. The molecule has 0 aliphatic carbocycles. The van der Waals surface area contributed by atoms with Crippen LogP contribution in [0.15, 0.2) is 36.4 Å². The molecule has 0 aromatic heterocycles. The van der Waals surface area contributed by atoms with Gasteiger partial charge in [0.15, 0.2) is 11.6 Å². The highest BCUT2D eigenvalue weighted by Crippen LogP contribution is 2.27. The zero-order chi connectivity index (χ0) is 14.7. The number of nitrogens with one attached hydrogen (secondary N) is 2. The number of halogens is 1. The van der Waals surface area contributed by atoms with E-state index in [9.17, 15) is 4.39 Å². The first kappa shape index (κ1) is 13.7. The molecule has 110 valence electrons. The molecule has 2 aromatic rings. The number of anilines is 2. The van der Waals surface area contributed by atoms with E-state index >= 15 is 0 Å². The highest BCUT2D eigenvalue weighted by molar-refractivity contribution is 5.62. The summed E-state index contributed by atoms with van der Waals surface area (Å²) in [6, 6.07) is 11.3. The van der Waals surface area contributed by atoms with Crippen LogP contribution in [-0.4, -0.2) is 13.2 Å². The van der Waals surface area contributed by atoms with E-state index in [1.54, 1.807) is 6.07 Å². The summed E-state index contributed by atoms with van der Waals surface area (Å²) in [6.07, 6.45) is 1.07. The Hall–Kier alpha value is -2.23. The molecule has 0 unspecified atom stereocenters. The molecule has 21 heavy (non-hydrogen) atoms. The third-order valence-corrected chi connectivity index (χ3v) is 3.65. The minimum atomic E-state index is -0.335. The van der Waals surface area contributed by atoms with Gasteiger partial charge in [0.1, 0.15) is 0 Å². The van der Waals surface area contributed by atoms with Gasteiger partial charge in [0.25, 0.3) is 0 Å². The molecule has 0 radical (unpaired) electrons. The minimum Gasteiger partial charge on any atom is -0.491 e. The number of fused-ring (bicyclic) bond motifs is 1. The molecule has 4 heteroatoms. The topological polar surface area (TPSA) is 33.3 Å². The number of rotatable bonds is 5. The summed E-state index contributed by atoms with van der Waals surface area (Å²) < 4.78 is 19.0. The van der Waals surface area contributed by atoms with Gasteiger partial charge >= 0.3 is 0 Å². The van der Waals surface area contributed by atoms with Gasteiger partial charge in [-0.05, 0) is 36.6 Å². The third-order valence-electron chi connectivity index (χ3n) is 3.65. The van der Waals surface area contributed by atoms with E-state index in [-0.39, 0.29) is 5.82 Å². The molecule has 2 aromatic carbocycles. The quantitative estimate of drug-likeness (QED) is 0.877. The van der Waals surface area contributed by atoms with Gasteiger partial charge in [-0.2, -0.15) is 0 Å². The normalized spacial score (nSPS) is 12.7. The lowest BCUT2D eigenvalue weighted by Gasteiger charge is -2.12. The van der Waals surface area contributed by atoms with E-state index in [0.29, 0.717) is 18.9 Å². The average molecular weight is 286 g/mol. The molecule has 0 bridgehead atoms. The predicted molar refractivity (Wildman–Crippen MR) is 83.5 cm³/mol. The van der Waals surface area contributed by atoms with Crippen LogP contribution in [0.2, 0.25) is 0 Å². The van der Waals surface area contributed by atoms with Gasteiger partial charge in [0.2, 0.25) is 0 Å². The molecule has 0 spiro atoms. The molecule has 0 atom stereocenters. The van der Waals surface area contributed by atoms with Gasteiger partial charge in [-0.15, -0.1) is 0 Å². The lowest BCUT2D eigenvalue weighted by molar-refractivity contribution is 0.321. The van der Waals surface area contributed by atoms with Crippen molar-refractivity contribution < 1.29 is 9.13 Å². The molecule has 3 rings (SSSR count). The van der Waals surface area contributed by atoms with Gasteiger partial charge in [0, 0.05) is 30.5 Å². The molecule has 0 saturated carbocycles. The van der Waals surface area contributed by atoms with E-state index < -0.39 is 0 Å². The Kier molecular flexibility index (Phi) is 3.95. The summed E-state index contributed by atoms with van der Waals surface area (Å²) in [4.78, 5) is 0. The lowest BCUT2D eigenvalue weighted by Crippen LogP contribution is -2.03. The Morgan fingerprint density at radius 3 is 3.00 bits per heavy atom. The summed E-state index contributed by atoms with van der Waals surface area (Å²) in [5, 5.41) is 6.67. The Morgan fingerprint density at radius 2 is 2.19 bits per heavy atom. The standard InChI is InChI=1S/C17H19FN2O/c1-2-21-16-7-6-14(10-15(16)18)20-11-13-5-3-4-12-8-9-19-17(12)13/h3-7,10,19-20H,2,8-9,11H2,1H3. The first-order valence-electron chi connectivity index (χ1n) is 7.29. The van der Waals surface area contributed by atoms with Crippen molar-refractivity contribution in [2.24, 2.45) is 0 Å². The van der Waals surface area contributed by atoms with Crippen LogP contribution in [-0.2, 0) is 13.0 Å². The first-order valence-corrected chi connectivity index (χ1v) is 7.29. The summed E-state index contributed by atoms with van der Waals surface area (Å²) in [7, 11) is 0. The molecule has 3 nitrogen and oxygen atoms in total. The fourth-order valence-electron chi connectivity index (χ4n) is 2.64. The summed E-state index contributed by atoms with van der Waals surface area (Å²) in [5.74, 6) is -0.0383. The maximum Gasteiger partial charge on any atom is 0.167 e. The van der Waals surface area contributed by atoms with Crippen LogP contribution < -0.4 is 15.4 Å². The van der Waals surface area contributed by atoms with E-state index in [0.717, 1.165) is 18.7 Å². The van der Waals surface area contributed by atoms with Crippen LogP contribution in [0.4, 0.5) is 15.8 Å². The van der Waals surface area contributed by atoms with Crippen molar-refractivity contribution in [1.29, 1.82) is 0 Å². The number of hydrogen-bond acceptors (Lipinski definition) is 3. The second-order valence-corrected chi connectivity index (χ2v) is 5.06. The molecule has 2 N–H and O–H groups in total. The van der Waals surface area contributed by atoms with E-state index in [1.807, 2.05) is 13.0 Å². The highest BCUT2D eigenvalue weighted by atomic mass is 19.1. The van der Waals surface area contributed by atoms with Crippen LogP contribution >= 0.6 is 0 Å². The van der Waals surface area contributed by atoms with Crippen molar-refractivity contribution in [3.8, 4) is 5.75 Å². The van der Waals surface area contributed by atoms with Crippen LogP contribution in [0.25, 0.3) is 0 Å². The molecule has 1 heterocycles. The smallest absolute Gasteiger partial charge is 0.167 e. The SMILES string of the molecule is CCOc1ccc(NCc2cccc3c2NCC3)cc1F. The fourth-order valence-corrected chi connectivity index (χ4v) is 2.64. The average Bonchev–Trinajstić information content (AvgIpc) is 2.97. The van der Waals surface area contributed by atoms with Crippen molar-refractivity contribution in [3.63, 3.8) is 0 Å². The van der Waals surface area contributed by atoms with Crippen LogP contribution in [0, 0.1) is 5.82 Å². The Labute approximate surface area is 124 Å². The third kappa shape index (κ3) is 2.94. The summed E-state index contributed by atoms with van der Waals surface area (Å²) in [6.45, 7) is 3.97. The number of ether oxygens (including phenoxy) is 1. The van der Waals surface area contributed by atoms with Crippen LogP contribution in [0.5, 0.6) is 5.75 Å². The Bertz CT molecular complexity index is 643. The van der Waals surface area contributed by atoms with Gasteiger partial charge in [-0.25, -0.2) is 4.39 Å². The molecule has 1 aliphatic heterocycles. The number of para-hydroxylation sites is 1. The second kappa shape index (κ2) is 6.04. The van der Waals surface area contributed by atoms with E-state index in [2.05, 4.69) is 28.8 Å². The second-order valence-electron chi connectivity index (χ2n) is 5.06. The summed E-state index contributed by atoms with van der Waals surface area (Å²) >= 11 is 0. The van der Waals surface area contributed by atoms with Gasteiger partial charge in [-0.3, -0.25) is 0 Å². The largest absolute Gasteiger partial charge is 0.491 e. The van der Waals surface area contributed by atoms with Gasteiger partial charge in [0.05, 0.1) is 6.61 Å². The zero-order valence-corrected chi connectivity index (χ0v) is 12.1. The Morgan fingerprint density at radius 1 is 1.29 bits per heavy atom. The monoisotopic (exact) mass is 286 g/mol. The maximum atomic E-state index is 13.8. The van der Waals surface area contributed by atoms with E-state index in [1.165, 1.54) is 22.9 Å². The maximum absolute atomic E-state index is 13.8.